The maximum Gasteiger partial charge on any atom is 0.0456 e. The molecule has 1 N–H and O–H groups in total. The largest absolute Gasteiger partial charge is 0.311 e. The molecule has 1 saturated carbocycles. The lowest BCUT2D eigenvalue weighted by molar-refractivity contribution is 0.268. The summed E-state index contributed by atoms with van der Waals surface area (Å²) in [5, 5.41) is 5.09. The summed E-state index contributed by atoms with van der Waals surface area (Å²) in [6.45, 7) is 4.36. The number of hydrogen-bond acceptors (Lipinski definition) is 1. The Hall–Kier alpha value is -0.240. The molecule has 0 spiro atoms. The maximum atomic E-state index is 6.23. The van der Waals surface area contributed by atoms with Crippen LogP contribution in [-0.2, 0) is 0 Å². The minimum atomic E-state index is 0.527. The first-order valence-corrected chi connectivity index (χ1v) is 6.54. The lowest BCUT2D eigenvalue weighted by atomic mass is 9.75. The van der Waals surface area contributed by atoms with Crippen LogP contribution in [-0.4, -0.2) is 12.1 Å². The van der Waals surface area contributed by atoms with Crippen molar-refractivity contribution in [1.29, 1.82) is 0 Å². The van der Waals surface area contributed by atoms with Gasteiger partial charge in [-0.1, -0.05) is 43.1 Å². The number of halogens is 2. The lowest BCUT2D eigenvalue weighted by Crippen LogP contribution is -2.45. The van der Waals surface area contributed by atoms with Gasteiger partial charge in [-0.15, -0.1) is 0 Å². The molecule has 0 bridgehead atoms. The van der Waals surface area contributed by atoms with Crippen molar-refractivity contribution in [2.45, 2.75) is 44.7 Å². The van der Waals surface area contributed by atoms with Gasteiger partial charge in [0.05, 0.1) is 0 Å². The van der Waals surface area contributed by atoms with Gasteiger partial charge in [0, 0.05) is 28.0 Å². The summed E-state index contributed by atoms with van der Waals surface area (Å²) in [5.41, 5.74) is 1.23. The van der Waals surface area contributed by atoms with Crippen LogP contribution in [0.4, 0.5) is 0 Å². The molecule has 0 aromatic heterocycles. The van der Waals surface area contributed by atoms with Crippen molar-refractivity contribution < 1.29 is 0 Å². The normalized spacial score (nSPS) is 24.6. The van der Waals surface area contributed by atoms with Crippen LogP contribution in [0.15, 0.2) is 18.2 Å². The van der Waals surface area contributed by atoms with Gasteiger partial charge in [-0.25, -0.2) is 0 Å². The molecule has 3 heteroatoms. The molecule has 0 heterocycles. The quantitative estimate of drug-likeness (QED) is 0.855. The smallest absolute Gasteiger partial charge is 0.0456 e. The van der Waals surface area contributed by atoms with Crippen molar-refractivity contribution in [1.82, 2.24) is 5.32 Å². The highest BCUT2D eigenvalue weighted by molar-refractivity contribution is 6.35. The fraction of sp³-hybridized carbons (Fsp3) is 0.538. The van der Waals surface area contributed by atoms with Crippen LogP contribution in [0.5, 0.6) is 0 Å². The van der Waals surface area contributed by atoms with Gasteiger partial charge in [-0.05, 0) is 30.5 Å². The van der Waals surface area contributed by atoms with Crippen LogP contribution < -0.4 is 5.32 Å². The van der Waals surface area contributed by atoms with Gasteiger partial charge >= 0.3 is 0 Å². The van der Waals surface area contributed by atoms with E-state index in [1.54, 1.807) is 0 Å². The molecule has 0 unspecified atom stereocenters. The zero-order valence-corrected chi connectivity index (χ0v) is 11.1. The molecule has 88 valence electrons. The Balaban J connectivity index is 2.12. The second-order valence-corrected chi connectivity index (χ2v) is 5.62. The first-order chi connectivity index (χ1) is 7.58. The fourth-order valence-corrected chi connectivity index (χ4v) is 2.85. The topological polar surface area (TPSA) is 12.0 Å². The minimum Gasteiger partial charge on any atom is -0.311 e. The van der Waals surface area contributed by atoms with Gasteiger partial charge in [0.1, 0.15) is 0 Å². The molecular formula is C13H17Cl2N. The van der Waals surface area contributed by atoms with Gasteiger partial charge in [0.25, 0.3) is 0 Å². The molecule has 16 heavy (non-hydrogen) atoms. The zero-order chi connectivity index (χ0) is 11.7. The third-order valence-electron chi connectivity index (χ3n) is 3.18. The Morgan fingerprint density at radius 1 is 1.25 bits per heavy atom. The Labute approximate surface area is 107 Å². The summed E-state index contributed by atoms with van der Waals surface area (Å²) in [6.07, 6.45) is 2.45. The summed E-state index contributed by atoms with van der Waals surface area (Å²) in [7, 11) is 0. The fourth-order valence-electron chi connectivity index (χ4n) is 2.30. The average Bonchev–Trinajstić information content (AvgIpc) is 2.17. The molecule has 0 radical (unpaired) electrons. The Morgan fingerprint density at radius 3 is 2.50 bits per heavy atom. The van der Waals surface area contributed by atoms with Crippen LogP contribution in [0.3, 0.4) is 0 Å². The van der Waals surface area contributed by atoms with E-state index in [4.69, 9.17) is 23.2 Å². The van der Waals surface area contributed by atoms with Gasteiger partial charge in [0.2, 0.25) is 0 Å². The van der Waals surface area contributed by atoms with Crippen LogP contribution in [0.2, 0.25) is 10.0 Å². The van der Waals surface area contributed by atoms with E-state index in [1.807, 2.05) is 12.1 Å². The Bertz CT molecular complexity index is 376. The van der Waals surface area contributed by atoms with Crippen molar-refractivity contribution in [3.05, 3.63) is 33.8 Å². The van der Waals surface area contributed by atoms with E-state index < -0.39 is 0 Å². The highest BCUT2D eigenvalue weighted by Crippen LogP contribution is 2.40. The molecule has 0 saturated heterocycles. The van der Waals surface area contributed by atoms with E-state index in [9.17, 15) is 0 Å². The molecule has 2 atom stereocenters. The molecular weight excluding hydrogens is 241 g/mol. The summed E-state index contributed by atoms with van der Waals surface area (Å²) in [4.78, 5) is 0. The number of nitrogens with one attached hydrogen (secondary N) is 1. The zero-order valence-electron chi connectivity index (χ0n) is 9.63. The first-order valence-electron chi connectivity index (χ1n) is 5.79. The molecule has 1 aromatic carbocycles. The molecule has 1 nitrogen and oxygen atoms in total. The van der Waals surface area contributed by atoms with Crippen molar-refractivity contribution in [2.75, 3.05) is 0 Å². The standard InChI is InChI=1S/C13H17Cl2N/c1-8(2)16-13-6-5-11(13)10-4-3-9(14)7-12(10)15/h3-4,7-8,11,13,16H,5-6H2,1-2H3/t11-,13-/m1/s1. The van der Waals surface area contributed by atoms with Gasteiger partial charge in [0.15, 0.2) is 0 Å². The summed E-state index contributed by atoms with van der Waals surface area (Å²) in [5.74, 6) is 0.548. The molecule has 0 aliphatic heterocycles. The summed E-state index contributed by atoms with van der Waals surface area (Å²) < 4.78 is 0. The van der Waals surface area contributed by atoms with Crippen molar-refractivity contribution in [2.24, 2.45) is 0 Å². The molecule has 1 aliphatic rings. The number of benzene rings is 1. The Morgan fingerprint density at radius 2 is 2.00 bits per heavy atom. The highest BCUT2D eigenvalue weighted by Gasteiger charge is 2.33. The monoisotopic (exact) mass is 257 g/mol. The molecule has 0 amide bonds. The summed E-state index contributed by atoms with van der Waals surface area (Å²) in [6, 6.07) is 6.91. The third-order valence-corrected chi connectivity index (χ3v) is 3.75. The van der Waals surface area contributed by atoms with Crippen LogP contribution in [0.25, 0.3) is 0 Å². The summed E-state index contributed by atoms with van der Waals surface area (Å²) >= 11 is 12.1. The molecule has 1 aromatic rings. The van der Waals surface area contributed by atoms with Gasteiger partial charge < -0.3 is 5.32 Å². The number of rotatable bonds is 3. The highest BCUT2D eigenvalue weighted by atomic mass is 35.5. The van der Waals surface area contributed by atoms with E-state index >= 15 is 0 Å². The van der Waals surface area contributed by atoms with Crippen molar-refractivity contribution >= 4 is 23.2 Å². The van der Waals surface area contributed by atoms with Crippen LogP contribution >= 0.6 is 23.2 Å². The molecule has 1 aliphatic carbocycles. The predicted molar refractivity (Wildman–Crippen MR) is 70.5 cm³/mol. The first kappa shape index (κ1) is 12.2. The van der Waals surface area contributed by atoms with E-state index in [2.05, 4.69) is 25.2 Å². The second kappa shape index (κ2) is 4.95. The second-order valence-electron chi connectivity index (χ2n) is 4.78. The van der Waals surface area contributed by atoms with E-state index in [0.717, 1.165) is 5.02 Å². The van der Waals surface area contributed by atoms with E-state index in [0.29, 0.717) is 23.0 Å². The maximum absolute atomic E-state index is 6.23. The third kappa shape index (κ3) is 2.53. The van der Waals surface area contributed by atoms with Crippen LogP contribution in [0, 0.1) is 0 Å². The SMILES string of the molecule is CC(C)N[C@@H]1CC[C@@H]1c1ccc(Cl)cc1Cl. The molecule has 2 rings (SSSR count). The average molecular weight is 258 g/mol. The number of hydrogen-bond donors (Lipinski definition) is 1. The molecule has 1 fully saturated rings. The Kier molecular flexibility index (Phi) is 3.78. The minimum absolute atomic E-state index is 0.527. The predicted octanol–water partition coefficient (Wildman–Crippen LogP) is 4.24. The van der Waals surface area contributed by atoms with Crippen molar-refractivity contribution in [3.8, 4) is 0 Å². The van der Waals surface area contributed by atoms with Crippen molar-refractivity contribution in [3.63, 3.8) is 0 Å². The van der Waals surface area contributed by atoms with Crippen LogP contribution in [0.1, 0.15) is 38.2 Å². The van der Waals surface area contributed by atoms with E-state index in [-0.39, 0.29) is 0 Å². The van der Waals surface area contributed by atoms with E-state index in [1.165, 1.54) is 18.4 Å². The van der Waals surface area contributed by atoms with Gasteiger partial charge in [-0.2, -0.15) is 0 Å². The van der Waals surface area contributed by atoms with Gasteiger partial charge in [-0.3, -0.25) is 0 Å². The lowest BCUT2D eigenvalue weighted by Gasteiger charge is -2.39.